The first kappa shape index (κ1) is 14.2. The molecule has 0 saturated heterocycles. The third-order valence-electron chi connectivity index (χ3n) is 3.01. The Morgan fingerprint density at radius 1 is 1.00 bits per heavy atom. The third kappa shape index (κ3) is 4.49. The van der Waals surface area contributed by atoms with Crippen molar-refractivity contribution in [3.05, 3.63) is 35.4 Å². The first-order valence-electron chi connectivity index (χ1n) is 6.12. The number of methoxy groups -OCH3 is 2. The van der Waals surface area contributed by atoms with E-state index in [0.29, 0.717) is 0 Å². The van der Waals surface area contributed by atoms with Gasteiger partial charge in [0.2, 0.25) is 0 Å². The highest BCUT2D eigenvalue weighted by atomic mass is 16.7. The van der Waals surface area contributed by atoms with Gasteiger partial charge in [-0.2, -0.15) is 0 Å². The van der Waals surface area contributed by atoms with Crippen molar-refractivity contribution in [2.75, 3.05) is 14.2 Å². The molecule has 0 aliphatic carbocycles. The molecular weight excluding hydrogens is 212 g/mol. The number of ether oxygens (including phenoxy) is 2. The summed E-state index contributed by atoms with van der Waals surface area (Å²) >= 11 is 0. The summed E-state index contributed by atoms with van der Waals surface area (Å²) in [6.07, 6.45) is 1.77. The Labute approximate surface area is 105 Å². The molecule has 2 heteroatoms. The van der Waals surface area contributed by atoms with Gasteiger partial charge in [-0.1, -0.05) is 45.0 Å². The van der Waals surface area contributed by atoms with Crippen LogP contribution >= 0.6 is 0 Å². The molecule has 0 fully saturated rings. The number of rotatable bonds is 5. The van der Waals surface area contributed by atoms with E-state index in [2.05, 4.69) is 45.0 Å². The molecule has 0 amide bonds. The Kier molecular flexibility index (Phi) is 5.16. The van der Waals surface area contributed by atoms with Gasteiger partial charge < -0.3 is 9.47 Å². The van der Waals surface area contributed by atoms with E-state index in [0.717, 1.165) is 12.8 Å². The fourth-order valence-electron chi connectivity index (χ4n) is 1.79. The summed E-state index contributed by atoms with van der Waals surface area (Å²) in [5.41, 5.74) is 2.92. The van der Waals surface area contributed by atoms with Gasteiger partial charge in [0.05, 0.1) is 0 Å². The predicted octanol–water partition coefficient (Wildman–Crippen LogP) is 3.54. The van der Waals surface area contributed by atoms with Gasteiger partial charge in [-0.3, -0.25) is 0 Å². The molecular formula is C15H24O2. The van der Waals surface area contributed by atoms with Gasteiger partial charge in [0.25, 0.3) is 0 Å². The minimum absolute atomic E-state index is 0.0997. The van der Waals surface area contributed by atoms with Gasteiger partial charge in [-0.25, -0.2) is 0 Å². The van der Waals surface area contributed by atoms with E-state index in [1.807, 2.05) is 0 Å². The molecule has 0 aromatic heterocycles. The van der Waals surface area contributed by atoms with Crippen molar-refractivity contribution in [3.8, 4) is 0 Å². The molecule has 0 bridgehead atoms. The highest BCUT2D eigenvalue weighted by Gasteiger charge is 2.13. The third-order valence-corrected chi connectivity index (χ3v) is 3.01. The van der Waals surface area contributed by atoms with Gasteiger partial charge in [0, 0.05) is 20.6 Å². The molecule has 0 atom stereocenters. The van der Waals surface area contributed by atoms with Crippen LogP contribution in [0.3, 0.4) is 0 Å². The quantitative estimate of drug-likeness (QED) is 0.728. The largest absolute Gasteiger partial charge is 0.356 e. The topological polar surface area (TPSA) is 18.5 Å². The summed E-state index contributed by atoms with van der Waals surface area (Å²) in [4.78, 5) is 0. The lowest BCUT2D eigenvalue weighted by atomic mass is 9.86. The molecule has 0 saturated carbocycles. The molecule has 2 nitrogen and oxygen atoms in total. The zero-order valence-corrected chi connectivity index (χ0v) is 11.6. The van der Waals surface area contributed by atoms with Crippen molar-refractivity contribution in [1.29, 1.82) is 0 Å². The number of hydrogen-bond acceptors (Lipinski definition) is 2. The van der Waals surface area contributed by atoms with E-state index in [1.54, 1.807) is 14.2 Å². The molecule has 17 heavy (non-hydrogen) atoms. The van der Waals surface area contributed by atoms with Crippen LogP contribution in [0.4, 0.5) is 0 Å². The van der Waals surface area contributed by atoms with Crippen LogP contribution in [-0.2, 0) is 21.3 Å². The van der Waals surface area contributed by atoms with Crippen LogP contribution in [0, 0.1) is 0 Å². The smallest absolute Gasteiger partial charge is 0.157 e. The minimum atomic E-state index is -0.0997. The summed E-state index contributed by atoms with van der Waals surface area (Å²) in [6.45, 7) is 6.69. The molecule has 0 radical (unpaired) electrons. The van der Waals surface area contributed by atoms with Crippen molar-refractivity contribution < 1.29 is 9.47 Å². The van der Waals surface area contributed by atoms with Crippen LogP contribution < -0.4 is 0 Å². The monoisotopic (exact) mass is 236 g/mol. The standard InChI is InChI=1S/C15H24O2/c1-15(2,3)13-9-6-12(7-10-13)8-11-14(16-4)17-5/h6-7,9-10,14H,8,11H2,1-5H3. The highest BCUT2D eigenvalue weighted by Crippen LogP contribution is 2.22. The van der Waals surface area contributed by atoms with Gasteiger partial charge in [0.1, 0.15) is 0 Å². The first-order valence-corrected chi connectivity index (χ1v) is 6.12. The average molecular weight is 236 g/mol. The lowest BCUT2D eigenvalue weighted by molar-refractivity contribution is -0.105. The van der Waals surface area contributed by atoms with E-state index >= 15 is 0 Å². The van der Waals surface area contributed by atoms with Gasteiger partial charge in [-0.15, -0.1) is 0 Å². The zero-order valence-electron chi connectivity index (χ0n) is 11.6. The maximum Gasteiger partial charge on any atom is 0.157 e. The molecule has 0 aliphatic rings. The van der Waals surface area contributed by atoms with Crippen molar-refractivity contribution in [2.24, 2.45) is 0 Å². The molecule has 0 aliphatic heterocycles. The second kappa shape index (κ2) is 6.18. The molecule has 0 N–H and O–H groups in total. The van der Waals surface area contributed by atoms with Crippen LogP contribution in [0.1, 0.15) is 38.3 Å². The molecule has 1 aromatic carbocycles. The molecule has 0 heterocycles. The van der Waals surface area contributed by atoms with Crippen molar-refractivity contribution in [2.45, 2.75) is 45.3 Å². The Morgan fingerprint density at radius 2 is 1.53 bits per heavy atom. The average Bonchev–Trinajstić information content (AvgIpc) is 2.30. The van der Waals surface area contributed by atoms with Crippen molar-refractivity contribution >= 4 is 0 Å². The summed E-state index contributed by atoms with van der Waals surface area (Å²) in [5.74, 6) is 0. The summed E-state index contributed by atoms with van der Waals surface area (Å²) in [7, 11) is 3.35. The van der Waals surface area contributed by atoms with E-state index in [4.69, 9.17) is 9.47 Å². The lowest BCUT2D eigenvalue weighted by Crippen LogP contribution is -2.14. The molecule has 0 unspecified atom stereocenters. The van der Waals surface area contributed by atoms with Gasteiger partial charge in [0.15, 0.2) is 6.29 Å². The van der Waals surface area contributed by atoms with E-state index < -0.39 is 0 Å². The van der Waals surface area contributed by atoms with Crippen molar-refractivity contribution in [1.82, 2.24) is 0 Å². The first-order chi connectivity index (χ1) is 7.97. The normalized spacial score (nSPS) is 12.1. The van der Waals surface area contributed by atoms with Crippen LogP contribution in [0.15, 0.2) is 24.3 Å². The summed E-state index contributed by atoms with van der Waals surface area (Å²) in [6, 6.07) is 8.82. The number of hydrogen-bond donors (Lipinski definition) is 0. The molecule has 1 rings (SSSR count). The number of aryl methyl sites for hydroxylation is 1. The fourth-order valence-corrected chi connectivity index (χ4v) is 1.79. The Morgan fingerprint density at radius 3 is 1.94 bits per heavy atom. The van der Waals surface area contributed by atoms with E-state index in [9.17, 15) is 0 Å². The van der Waals surface area contributed by atoms with Crippen LogP contribution in [0.2, 0.25) is 0 Å². The van der Waals surface area contributed by atoms with Crippen LogP contribution in [-0.4, -0.2) is 20.5 Å². The molecule has 1 aromatic rings. The Bertz CT molecular complexity index is 318. The summed E-state index contributed by atoms with van der Waals surface area (Å²) in [5, 5.41) is 0. The SMILES string of the molecule is COC(CCc1ccc(C(C)(C)C)cc1)OC. The fraction of sp³-hybridized carbons (Fsp3) is 0.600. The maximum absolute atomic E-state index is 5.18. The summed E-state index contributed by atoms with van der Waals surface area (Å²) < 4.78 is 10.4. The molecule has 0 spiro atoms. The Hall–Kier alpha value is -0.860. The minimum Gasteiger partial charge on any atom is -0.356 e. The second-order valence-electron chi connectivity index (χ2n) is 5.39. The number of benzene rings is 1. The maximum atomic E-state index is 5.18. The van der Waals surface area contributed by atoms with E-state index in [1.165, 1.54) is 11.1 Å². The second-order valence-corrected chi connectivity index (χ2v) is 5.39. The van der Waals surface area contributed by atoms with Gasteiger partial charge in [-0.05, 0) is 23.0 Å². The lowest BCUT2D eigenvalue weighted by Gasteiger charge is -2.19. The van der Waals surface area contributed by atoms with E-state index in [-0.39, 0.29) is 11.7 Å². The molecule has 96 valence electrons. The highest BCUT2D eigenvalue weighted by molar-refractivity contribution is 5.27. The zero-order chi connectivity index (χ0) is 12.9. The van der Waals surface area contributed by atoms with Crippen LogP contribution in [0.5, 0.6) is 0 Å². The predicted molar refractivity (Wildman–Crippen MR) is 71.3 cm³/mol. The van der Waals surface area contributed by atoms with Crippen molar-refractivity contribution in [3.63, 3.8) is 0 Å². The Balaban J connectivity index is 2.57. The van der Waals surface area contributed by atoms with Gasteiger partial charge >= 0.3 is 0 Å². The van der Waals surface area contributed by atoms with Crippen LogP contribution in [0.25, 0.3) is 0 Å².